The summed E-state index contributed by atoms with van der Waals surface area (Å²) >= 11 is 0. The number of carbonyl (C=O) groups excluding carboxylic acids is 1. The largest absolute Gasteiger partial charge is 0.456 e. The molecular weight excluding hydrogens is 318 g/mol. The van der Waals surface area contributed by atoms with Gasteiger partial charge in [0.1, 0.15) is 5.76 Å². The van der Waals surface area contributed by atoms with E-state index in [1.54, 1.807) is 11.8 Å². The van der Waals surface area contributed by atoms with Gasteiger partial charge in [0.15, 0.2) is 11.2 Å². The summed E-state index contributed by atoms with van der Waals surface area (Å²) in [6.07, 6.45) is 1.72. The van der Waals surface area contributed by atoms with Crippen LogP contribution in [0.5, 0.6) is 0 Å². The maximum Gasteiger partial charge on any atom is 0.289 e. The number of aliphatic hydroxyl groups is 1. The Bertz CT molecular complexity index is 776. The Hall–Kier alpha value is -2.40. The highest BCUT2D eigenvalue weighted by Crippen LogP contribution is 2.24. The maximum atomic E-state index is 12.5. The second-order valence-electron chi connectivity index (χ2n) is 6.65. The molecule has 1 amide bonds. The van der Waals surface area contributed by atoms with Crippen LogP contribution in [0.4, 0.5) is 0 Å². The van der Waals surface area contributed by atoms with Crippen molar-refractivity contribution >= 4 is 5.91 Å². The fourth-order valence-corrected chi connectivity index (χ4v) is 3.37. The van der Waals surface area contributed by atoms with E-state index in [4.69, 9.17) is 4.42 Å². The monoisotopic (exact) mass is 341 g/mol. The first-order valence-corrected chi connectivity index (χ1v) is 8.66. The molecule has 2 aromatic rings. The van der Waals surface area contributed by atoms with Crippen LogP contribution >= 0.6 is 0 Å². The van der Waals surface area contributed by atoms with Gasteiger partial charge in [-0.15, -0.1) is 0 Å². The molecule has 1 fully saturated rings. The lowest BCUT2D eigenvalue weighted by molar-refractivity contribution is 0.0445. The fourth-order valence-electron chi connectivity index (χ4n) is 3.37. The van der Waals surface area contributed by atoms with E-state index in [1.807, 2.05) is 30.3 Å². The first-order chi connectivity index (χ1) is 12.0. The molecule has 2 heterocycles. The van der Waals surface area contributed by atoms with Crippen molar-refractivity contribution in [3.8, 4) is 0 Å². The molecule has 1 aromatic heterocycles. The summed E-state index contributed by atoms with van der Waals surface area (Å²) in [5.74, 6) is 0.447. The van der Waals surface area contributed by atoms with Crippen molar-refractivity contribution in [2.45, 2.75) is 32.3 Å². The molecule has 5 heteroatoms. The van der Waals surface area contributed by atoms with Crippen LogP contribution in [0.25, 0.3) is 0 Å². The van der Waals surface area contributed by atoms with Crippen molar-refractivity contribution in [3.63, 3.8) is 0 Å². The molecule has 1 saturated heterocycles. The zero-order chi connectivity index (χ0) is 17.8. The molecule has 3 rings (SSSR count). The van der Waals surface area contributed by atoms with Crippen LogP contribution in [0, 0.1) is 12.8 Å². The summed E-state index contributed by atoms with van der Waals surface area (Å²) in [4.78, 5) is 25.7. The molecule has 0 bridgehead atoms. The van der Waals surface area contributed by atoms with E-state index >= 15 is 0 Å². The average Bonchev–Trinajstić information content (AvgIpc) is 2.61. The van der Waals surface area contributed by atoms with E-state index in [1.165, 1.54) is 12.1 Å². The molecular formula is C20H23NO4. The minimum Gasteiger partial charge on any atom is -0.456 e. The van der Waals surface area contributed by atoms with Crippen molar-refractivity contribution in [1.29, 1.82) is 0 Å². The molecule has 0 radical (unpaired) electrons. The number of hydrogen-bond donors (Lipinski definition) is 1. The van der Waals surface area contributed by atoms with Crippen molar-refractivity contribution < 1.29 is 14.3 Å². The molecule has 25 heavy (non-hydrogen) atoms. The number of carbonyl (C=O) groups is 1. The zero-order valence-electron chi connectivity index (χ0n) is 14.4. The lowest BCUT2D eigenvalue weighted by Gasteiger charge is -2.34. The van der Waals surface area contributed by atoms with Crippen LogP contribution in [0.3, 0.4) is 0 Å². The number of likely N-dealkylation sites (tertiary alicyclic amines) is 1. The first-order valence-electron chi connectivity index (χ1n) is 8.66. The van der Waals surface area contributed by atoms with Crippen molar-refractivity contribution in [2.75, 3.05) is 13.1 Å². The summed E-state index contributed by atoms with van der Waals surface area (Å²) in [5, 5.41) is 10.5. The molecule has 0 saturated carbocycles. The standard InChI is InChI=1S/C20H23NO4/c1-14-11-17(22)13-19(25-14)20(24)21-9-7-16(8-10-21)18(23)12-15-5-3-2-4-6-15/h2-6,11,13,16,18,23H,7-10,12H2,1H3/t18-/m0/s1. The number of amides is 1. The summed E-state index contributed by atoms with van der Waals surface area (Å²) in [6.45, 7) is 2.78. The second-order valence-corrected chi connectivity index (χ2v) is 6.65. The topological polar surface area (TPSA) is 70.8 Å². The Balaban J connectivity index is 1.57. The predicted molar refractivity (Wildman–Crippen MR) is 94.5 cm³/mol. The van der Waals surface area contributed by atoms with E-state index in [-0.39, 0.29) is 23.0 Å². The summed E-state index contributed by atoms with van der Waals surface area (Å²) in [6, 6.07) is 12.5. The Morgan fingerprint density at radius 1 is 1.24 bits per heavy atom. The van der Waals surface area contributed by atoms with E-state index in [0.29, 0.717) is 25.3 Å². The average molecular weight is 341 g/mol. The predicted octanol–water partition coefficient (Wildman–Crippen LogP) is 2.40. The first kappa shape index (κ1) is 17.4. The summed E-state index contributed by atoms with van der Waals surface area (Å²) in [5.41, 5.74) is 0.898. The van der Waals surface area contributed by atoms with Gasteiger partial charge in [-0.3, -0.25) is 9.59 Å². The second kappa shape index (κ2) is 7.66. The SMILES string of the molecule is Cc1cc(=O)cc(C(=O)N2CCC([C@@H](O)Cc3ccccc3)CC2)o1. The third-order valence-electron chi connectivity index (χ3n) is 4.76. The smallest absolute Gasteiger partial charge is 0.289 e. The Labute approximate surface area is 146 Å². The van der Waals surface area contributed by atoms with Crippen molar-refractivity contribution in [2.24, 2.45) is 5.92 Å². The van der Waals surface area contributed by atoms with Gasteiger partial charge in [-0.05, 0) is 37.7 Å². The van der Waals surface area contributed by atoms with Gasteiger partial charge in [0, 0.05) is 25.2 Å². The normalized spacial score (nSPS) is 16.6. The van der Waals surface area contributed by atoms with Gasteiger partial charge >= 0.3 is 0 Å². The number of rotatable bonds is 4. The molecule has 1 N–H and O–H groups in total. The lowest BCUT2D eigenvalue weighted by atomic mass is 9.88. The molecule has 1 aromatic carbocycles. The molecule has 5 nitrogen and oxygen atoms in total. The van der Waals surface area contributed by atoms with Crippen LogP contribution in [0.1, 0.15) is 34.7 Å². The van der Waals surface area contributed by atoms with Gasteiger partial charge < -0.3 is 14.4 Å². The molecule has 0 unspecified atom stereocenters. The van der Waals surface area contributed by atoms with Gasteiger partial charge in [0.05, 0.1) is 6.10 Å². The Morgan fingerprint density at radius 2 is 1.92 bits per heavy atom. The number of benzene rings is 1. The van der Waals surface area contributed by atoms with E-state index < -0.39 is 6.10 Å². The zero-order valence-corrected chi connectivity index (χ0v) is 14.4. The summed E-state index contributed by atoms with van der Waals surface area (Å²) < 4.78 is 5.39. The maximum absolute atomic E-state index is 12.5. The van der Waals surface area contributed by atoms with Crippen LogP contribution in [-0.2, 0) is 6.42 Å². The van der Waals surface area contributed by atoms with Gasteiger partial charge in [-0.25, -0.2) is 0 Å². The summed E-state index contributed by atoms with van der Waals surface area (Å²) in [7, 11) is 0. The number of aliphatic hydroxyl groups excluding tert-OH is 1. The van der Waals surface area contributed by atoms with E-state index in [2.05, 4.69) is 0 Å². The van der Waals surface area contributed by atoms with Gasteiger partial charge in [-0.2, -0.15) is 0 Å². The third kappa shape index (κ3) is 4.37. The van der Waals surface area contributed by atoms with E-state index in [9.17, 15) is 14.7 Å². The fraction of sp³-hybridized carbons (Fsp3) is 0.400. The van der Waals surface area contributed by atoms with Gasteiger partial charge in [-0.1, -0.05) is 30.3 Å². The lowest BCUT2D eigenvalue weighted by Crippen LogP contribution is -2.41. The molecule has 1 aliphatic heterocycles. The highest BCUT2D eigenvalue weighted by Gasteiger charge is 2.29. The van der Waals surface area contributed by atoms with Gasteiger partial charge in [0.25, 0.3) is 5.91 Å². The number of piperidine rings is 1. The third-order valence-corrected chi connectivity index (χ3v) is 4.76. The van der Waals surface area contributed by atoms with E-state index in [0.717, 1.165) is 18.4 Å². The number of aryl methyl sites for hydroxylation is 1. The minimum atomic E-state index is -0.406. The molecule has 1 atom stereocenters. The van der Waals surface area contributed by atoms with Crippen molar-refractivity contribution in [3.05, 3.63) is 69.8 Å². The molecule has 0 spiro atoms. The van der Waals surface area contributed by atoms with Crippen LogP contribution in [0.15, 0.2) is 51.7 Å². The Kier molecular flexibility index (Phi) is 5.34. The molecule has 132 valence electrons. The van der Waals surface area contributed by atoms with Gasteiger partial charge in [0.2, 0.25) is 0 Å². The highest BCUT2D eigenvalue weighted by molar-refractivity contribution is 5.91. The minimum absolute atomic E-state index is 0.0910. The quantitative estimate of drug-likeness (QED) is 0.927. The molecule has 1 aliphatic rings. The number of nitrogens with zero attached hydrogens (tertiary/aromatic N) is 1. The highest BCUT2D eigenvalue weighted by atomic mass is 16.3. The molecule has 0 aliphatic carbocycles. The van der Waals surface area contributed by atoms with Crippen LogP contribution in [-0.4, -0.2) is 35.1 Å². The number of hydrogen-bond acceptors (Lipinski definition) is 4. The van der Waals surface area contributed by atoms with Crippen LogP contribution < -0.4 is 5.43 Å². The van der Waals surface area contributed by atoms with Crippen LogP contribution in [0.2, 0.25) is 0 Å². The Morgan fingerprint density at radius 3 is 2.56 bits per heavy atom. The van der Waals surface area contributed by atoms with Crippen molar-refractivity contribution in [1.82, 2.24) is 4.90 Å².